The van der Waals surface area contributed by atoms with Gasteiger partial charge in [0.25, 0.3) is 0 Å². The summed E-state index contributed by atoms with van der Waals surface area (Å²) in [6.45, 7) is 3.87. The van der Waals surface area contributed by atoms with E-state index in [4.69, 9.17) is 4.74 Å². The van der Waals surface area contributed by atoms with Crippen LogP contribution in [0, 0.1) is 5.41 Å². The van der Waals surface area contributed by atoms with Crippen LogP contribution in [0.25, 0.3) is 0 Å². The highest BCUT2D eigenvalue weighted by atomic mass is 32.2. The van der Waals surface area contributed by atoms with Crippen molar-refractivity contribution in [3.8, 4) is 0 Å². The SMILES string of the molecule is CCOC(=O)CCNC1=NCC2(CCCCC2)CS1. The molecule has 0 aromatic rings. The first-order valence-corrected chi connectivity index (χ1v) is 8.29. The number of esters is 1. The lowest BCUT2D eigenvalue weighted by atomic mass is 9.75. The monoisotopic (exact) mass is 284 g/mol. The molecule has 0 bridgehead atoms. The van der Waals surface area contributed by atoms with Gasteiger partial charge < -0.3 is 10.1 Å². The summed E-state index contributed by atoms with van der Waals surface area (Å²) < 4.78 is 4.90. The Balaban J connectivity index is 1.70. The molecule has 0 saturated heterocycles. The summed E-state index contributed by atoms with van der Waals surface area (Å²) >= 11 is 1.82. The molecule has 1 fully saturated rings. The predicted molar refractivity (Wildman–Crippen MR) is 79.5 cm³/mol. The van der Waals surface area contributed by atoms with Gasteiger partial charge in [0.05, 0.1) is 13.0 Å². The molecule has 5 heteroatoms. The zero-order chi connectivity index (χ0) is 13.6. The Morgan fingerprint density at radius 2 is 2.21 bits per heavy atom. The van der Waals surface area contributed by atoms with Crippen molar-refractivity contribution in [2.75, 3.05) is 25.4 Å². The number of hydrogen-bond donors (Lipinski definition) is 1. The Labute approximate surface area is 119 Å². The van der Waals surface area contributed by atoms with Crippen molar-refractivity contribution in [2.45, 2.75) is 45.4 Å². The van der Waals surface area contributed by atoms with E-state index in [1.807, 2.05) is 18.7 Å². The van der Waals surface area contributed by atoms with Crippen LogP contribution in [0.15, 0.2) is 4.99 Å². The highest BCUT2D eigenvalue weighted by molar-refractivity contribution is 8.13. The molecule has 2 rings (SSSR count). The van der Waals surface area contributed by atoms with Crippen LogP contribution in [0.5, 0.6) is 0 Å². The van der Waals surface area contributed by atoms with Gasteiger partial charge in [-0.1, -0.05) is 31.0 Å². The van der Waals surface area contributed by atoms with E-state index in [0.29, 0.717) is 25.0 Å². The molecule has 0 aromatic heterocycles. The molecule has 4 nitrogen and oxygen atoms in total. The second-order valence-corrected chi connectivity index (χ2v) is 6.42. The van der Waals surface area contributed by atoms with E-state index in [0.717, 1.165) is 11.7 Å². The molecule has 1 N–H and O–H groups in total. The van der Waals surface area contributed by atoms with Crippen LogP contribution in [0.4, 0.5) is 0 Å². The average Bonchev–Trinajstić information content (AvgIpc) is 2.43. The van der Waals surface area contributed by atoms with Gasteiger partial charge in [-0.25, -0.2) is 0 Å². The largest absolute Gasteiger partial charge is 0.466 e. The van der Waals surface area contributed by atoms with Crippen molar-refractivity contribution >= 4 is 22.9 Å². The van der Waals surface area contributed by atoms with Gasteiger partial charge in [0.1, 0.15) is 0 Å². The van der Waals surface area contributed by atoms with E-state index in [9.17, 15) is 4.79 Å². The minimum Gasteiger partial charge on any atom is -0.466 e. The molecule has 0 atom stereocenters. The van der Waals surface area contributed by atoms with Gasteiger partial charge in [0.15, 0.2) is 5.17 Å². The maximum Gasteiger partial charge on any atom is 0.307 e. The van der Waals surface area contributed by atoms with Gasteiger partial charge in [-0.05, 0) is 25.2 Å². The number of amidine groups is 1. The Kier molecular flexibility index (Phi) is 5.55. The Hall–Kier alpha value is -0.710. The standard InChI is InChI=1S/C14H24N2O2S/c1-2-18-12(17)6-9-15-13-16-10-14(11-19-13)7-4-3-5-8-14/h2-11H2,1H3,(H,15,16). The van der Waals surface area contributed by atoms with Crippen LogP contribution >= 0.6 is 11.8 Å². The Morgan fingerprint density at radius 1 is 1.42 bits per heavy atom. The van der Waals surface area contributed by atoms with Gasteiger partial charge >= 0.3 is 5.97 Å². The quantitative estimate of drug-likeness (QED) is 0.806. The number of aliphatic imine (C=N–C) groups is 1. The van der Waals surface area contributed by atoms with Gasteiger partial charge in [0, 0.05) is 18.8 Å². The summed E-state index contributed by atoms with van der Waals surface area (Å²) in [6.07, 6.45) is 7.20. The smallest absolute Gasteiger partial charge is 0.307 e. The van der Waals surface area contributed by atoms with Crippen molar-refractivity contribution in [2.24, 2.45) is 10.4 Å². The van der Waals surface area contributed by atoms with Crippen LogP contribution in [0.3, 0.4) is 0 Å². The number of rotatable bonds is 4. The number of thioether (sulfide) groups is 1. The number of ether oxygens (including phenoxy) is 1. The maximum atomic E-state index is 11.2. The van der Waals surface area contributed by atoms with Crippen LogP contribution in [-0.2, 0) is 9.53 Å². The molecular weight excluding hydrogens is 260 g/mol. The van der Waals surface area contributed by atoms with E-state index in [2.05, 4.69) is 10.3 Å². The molecule has 1 heterocycles. The second-order valence-electron chi connectivity index (χ2n) is 5.45. The topological polar surface area (TPSA) is 50.7 Å². The minimum absolute atomic E-state index is 0.139. The summed E-state index contributed by atoms with van der Waals surface area (Å²) in [5.41, 5.74) is 0.467. The molecule has 19 heavy (non-hydrogen) atoms. The third-order valence-electron chi connectivity index (χ3n) is 3.90. The highest BCUT2D eigenvalue weighted by Crippen LogP contribution is 2.41. The van der Waals surface area contributed by atoms with Crippen LogP contribution in [0.1, 0.15) is 45.4 Å². The zero-order valence-corrected chi connectivity index (χ0v) is 12.6. The fourth-order valence-electron chi connectivity index (χ4n) is 2.77. The van der Waals surface area contributed by atoms with Gasteiger partial charge in [0.2, 0.25) is 0 Å². The lowest BCUT2D eigenvalue weighted by Crippen LogP contribution is -2.37. The predicted octanol–water partition coefficient (Wildman–Crippen LogP) is 2.58. The fraction of sp³-hybridized carbons (Fsp3) is 0.857. The van der Waals surface area contributed by atoms with Gasteiger partial charge in [-0.3, -0.25) is 9.79 Å². The van der Waals surface area contributed by atoms with Gasteiger partial charge in [-0.2, -0.15) is 0 Å². The average molecular weight is 284 g/mol. The molecule has 0 unspecified atom stereocenters. The van der Waals surface area contributed by atoms with E-state index in [1.165, 1.54) is 37.9 Å². The van der Waals surface area contributed by atoms with Crippen LogP contribution in [-0.4, -0.2) is 36.6 Å². The second kappa shape index (κ2) is 7.17. The first-order valence-electron chi connectivity index (χ1n) is 7.31. The number of carbonyl (C=O) groups excluding carboxylic acids is 1. The summed E-state index contributed by atoms with van der Waals surface area (Å²) in [5, 5.41) is 4.25. The number of carbonyl (C=O) groups is 1. The number of nitrogens with one attached hydrogen (secondary N) is 1. The van der Waals surface area contributed by atoms with Crippen molar-refractivity contribution < 1.29 is 9.53 Å². The molecule has 2 aliphatic rings. The molecule has 0 amide bonds. The lowest BCUT2D eigenvalue weighted by Gasteiger charge is -2.38. The van der Waals surface area contributed by atoms with E-state index in [1.54, 1.807) is 0 Å². The Morgan fingerprint density at radius 3 is 2.84 bits per heavy atom. The summed E-state index contributed by atoms with van der Waals surface area (Å²) in [4.78, 5) is 15.9. The lowest BCUT2D eigenvalue weighted by molar-refractivity contribution is -0.142. The van der Waals surface area contributed by atoms with Crippen molar-refractivity contribution in [3.63, 3.8) is 0 Å². The normalized spacial score (nSPS) is 21.8. The molecular formula is C14H24N2O2S. The molecule has 1 saturated carbocycles. The molecule has 0 radical (unpaired) electrons. The van der Waals surface area contributed by atoms with Crippen molar-refractivity contribution in [1.82, 2.24) is 5.32 Å². The van der Waals surface area contributed by atoms with E-state index < -0.39 is 0 Å². The first kappa shape index (κ1) is 14.7. The molecule has 108 valence electrons. The number of hydrogen-bond acceptors (Lipinski definition) is 5. The van der Waals surface area contributed by atoms with Crippen molar-refractivity contribution in [3.05, 3.63) is 0 Å². The molecule has 1 spiro atoms. The Bertz CT molecular complexity index is 338. The van der Waals surface area contributed by atoms with Crippen LogP contribution < -0.4 is 5.32 Å². The van der Waals surface area contributed by atoms with E-state index >= 15 is 0 Å². The maximum absolute atomic E-state index is 11.2. The first-order chi connectivity index (χ1) is 9.24. The highest BCUT2D eigenvalue weighted by Gasteiger charge is 2.34. The fourth-order valence-corrected chi connectivity index (χ4v) is 3.95. The summed E-state index contributed by atoms with van der Waals surface area (Å²) in [6, 6.07) is 0. The van der Waals surface area contributed by atoms with Gasteiger partial charge in [-0.15, -0.1) is 0 Å². The summed E-state index contributed by atoms with van der Waals surface area (Å²) in [7, 11) is 0. The third-order valence-corrected chi connectivity index (χ3v) is 5.20. The van der Waals surface area contributed by atoms with Crippen LogP contribution in [0.2, 0.25) is 0 Å². The molecule has 0 aromatic carbocycles. The molecule has 1 aliphatic carbocycles. The molecule has 1 aliphatic heterocycles. The summed E-state index contributed by atoms with van der Waals surface area (Å²) in [5.74, 6) is 1.04. The van der Waals surface area contributed by atoms with Crippen molar-refractivity contribution in [1.29, 1.82) is 0 Å². The number of nitrogens with zero attached hydrogens (tertiary/aromatic N) is 1. The zero-order valence-electron chi connectivity index (χ0n) is 11.7. The minimum atomic E-state index is -0.139. The van der Waals surface area contributed by atoms with E-state index in [-0.39, 0.29) is 5.97 Å². The third kappa shape index (κ3) is 4.41.